The number of benzene rings is 2. The largest absolute Gasteiger partial charge is 0.760 e. The average molecular weight is 407 g/mol. The van der Waals surface area contributed by atoms with Gasteiger partial charge in [-0.15, -0.1) is 0 Å². The maximum absolute atomic E-state index is 10.6. The molecule has 0 spiro atoms. The number of aromatic amines is 1. The Morgan fingerprint density at radius 3 is 2.62 bits per heavy atom. The molecule has 0 aliphatic heterocycles. The maximum atomic E-state index is 10.6. The topological polar surface area (TPSA) is 118 Å². The highest BCUT2D eigenvalue weighted by Crippen LogP contribution is 2.23. The lowest BCUT2D eigenvalue weighted by Crippen LogP contribution is -2.15. The Morgan fingerprint density at radius 1 is 1.03 bits per heavy atom. The van der Waals surface area contributed by atoms with Crippen LogP contribution in [0.4, 0.5) is 23.1 Å². The van der Waals surface area contributed by atoms with Gasteiger partial charge in [0.05, 0.1) is 0 Å². The van der Waals surface area contributed by atoms with Crippen LogP contribution >= 0.6 is 0 Å². The summed E-state index contributed by atoms with van der Waals surface area (Å²) in [4.78, 5) is 12.1. The first-order valence-corrected chi connectivity index (χ1v) is 10.0. The number of hydrogen-bond acceptors (Lipinski definition) is 6. The van der Waals surface area contributed by atoms with Gasteiger partial charge in [0.15, 0.2) is 0 Å². The predicted molar refractivity (Wildman–Crippen MR) is 114 cm³/mol. The summed E-state index contributed by atoms with van der Waals surface area (Å²) in [6.07, 6.45) is 1.68. The summed E-state index contributed by atoms with van der Waals surface area (Å²) in [5.74, 6) is 1.13. The number of fused-ring (bicyclic) bond motifs is 1. The third-order valence-electron chi connectivity index (χ3n) is 4.29. The molecule has 0 radical (unpaired) electrons. The molecule has 8 nitrogen and oxygen atoms in total. The Hall–Kier alpha value is -3.27. The van der Waals surface area contributed by atoms with E-state index in [0.29, 0.717) is 11.8 Å². The second kappa shape index (κ2) is 8.39. The van der Waals surface area contributed by atoms with E-state index in [1.165, 1.54) is 0 Å². The first-order valence-electron chi connectivity index (χ1n) is 8.93. The van der Waals surface area contributed by atoms with Crippen LogP contribution in [0.5, 0.6) is 0 Å². The van der Waals surface area contributed by atoms with E-state index in [1.54, 1.807) is 12.3 Å². The molecule has 2 aromatic carbocycles. The van der Waals surface area contributed by atoms with Crippen LogP contribution in [0.3, 0.4) is 0 Å². The van der Waals surface area contributed by atoms with E-state index in [1.807, 2.05) is 43.3 Å². The summed E-state index contributed by atoms with van der Waals surface area (Å²) >= 11 is -2.27. The maximum Gasteiger partial charge on any atom is 0.229 e. The third-order valence-corrected chi connectivity index (χ3v) is 4.67. The third kappa shape index (κ3) is 4.96. The minimum absolute atomic E-state index is 0.247. The van der Waals surface area contributed by atoms with Crippen LogP contribution in [-0.2, 0) is 17.8 Å². The molecule has 4 N–H and O–H groups in total. The highest BCUT2D eigenvalue weighted by atomic mass is 32.2. The van der Waals surface area contributed by atoms with Gasteiger partial charge in [-0.3, -0.25) is 4.21 Å². The monoisotopic (exact) mass is 407 g/mol. The molecule has 2 heterocycles. The zero-order chi connectivity index (χ0) is 20.2. The smallest absolute Gasteiger partial charge is 0.229 e. The first-order chi connectivity index (χ1) is 14.0. The lowest BCUT2D eigenvalue weighted by molar-refractivity contribution is 0.522. The van der Waals surface area contributed by atoms with E-state index < -0.39 is 11.3 Å². The molecule has 4 rings (SSSR count). The summed E-state index contributed by atoms with van der Waals surface area (Å²) < 4.78 is 23.5. The number of rotatable bonds is 7. The van der Waals surface area contributed by atoms with Crippen molar-refractivity contribution in [1.82, 2.24) is 19.7 Å². The Balaban J connectivity index is 1.44. The molecule has 0 aliphatic rings. The lowest BCUT2D eigenvalue weighted by Gasteiger charge is -2.10. The van der Waals surface area contributed by atoms with Gasteiger partial charge >= 0.3 is 0 Å². The Kier molecular flexibility index (Phi) is 5.52. The van der Waals surface area contributed by atoms with Crippen molar-refractivity contribution < 1.29 is 8.76 Å². The van der Waals surface area contributed by atoms with Crippen molar-refractivity contribution in [2.45, 2.75) is 13.5 Å². The van der Waals surface area contributed by atoms with Crippen molar-refractivity contribution in [3.05, 3.63) is 72.1 Å². The van der Waals surface area contributed by atoms with Gasteiger partial charge in [0, 0.05) is 52.0 Å². The molecular weight excluding hydrogens is 388 g/mol. The molecule has 0 saturated heterocycles. The van der Waals surface area contributed by atoms with Gasteiger partial charge in [-0.1, -0.05) is 12.1 Å². The number of nitrogens with one attached hydrogen (secondary N) is 4. The second-order valence-electron chi connectivity index (χ2n) is 6.52. The van der Waals surface area contributed by atoms with Crippen LogP contribution in [-0.4, -0.2) is 23.7 Å². The van der Waals surface area contributed by atoms with Gasteiger partial charge in [0.1, 0.15) is 5.82 Å². The van der Waals surface area contributed by atoms with Crippen LogP contribution in [0.15, 0.2) is 60.8 Å². The van der Waals surface area contributed by atoms with Gasteiger partial charge in [-0.05, 0) is 55.0 Å². The fourth-order valence-corrected chi connectivity index (χ4v) is 3.25. The summed E-state index contributed by atoms with van der Waals surface area (Å²) in [5.41, 5.74) is 4.81. The molecule has 148 valence electrons. The van der Waals surface area contributed by atoms with Crippen molar-refractivity contribution >= 4 is 45.3 Å². The van der Waals surface area contributed by atoms with Crippen LogP contribution < -0.4 is 15.4 Å². The SMILES string of the molecule is Cc1cc2cc(Nc3ccnc(Nc4ccc(CNS(=O)[O-])cc4)n3)ccc2[nH]1. The van der Waals surface area contributed by atoms with E-state index >= 15 is 0 Å². The Labute approximate surface area is 170 Å². The average Bonchev–Trinajstić information content (AvgIpc) is 3.07. The normalized spacial score (nSPS) is 12.1. The van der Waals surface area contributed by atoms with E-state index in [0.717, 1.165) is 33.5 Å². The summed E-state index contributed by atoms with van der Waals surface area (Å²) in [7, 11) is 0. The van der Waals surface area contributed by atoms with Crippen LogP contribution in [0.2, 0.25) is 0 Å². The zero-order valence-corrected chi connectivity index (χ0v) is 16.4. The molecule has 0 bridgehead atoms. The standard InChI is InChI=1S/C20H20N6O2S/c1-13-10-15-11-17(6-7-18(15)23-13)24-19-8-9-21-20(26-19)25-16-4-2-14(3-5-16)12-22-29(27)28/h2-11,22-23H,12H2,1H3,(H,27,28)(H2,21,24,25,26)/p-1. The number of aromatic nitrogens is 3. The molecule has 4 aromatic rings. The summed E-state index contributed by atoms with van der Waals surface area (Å²) in [6.45, 7) is 2.28. The van der Waals surface area contributed by atoms with E-state index in [2.05, 4.69) is 42.4 Å². The Morgan fingerprint density at radius 2 is 1.83 bits per heavy atom. The van der Waals surface area contributed by atoms with Gasteiger partial charge in [-0.25, -0.2) is 9.71 Å². The van der Waals surface area contributed by atoms with Crippen molar-refractivity contribution in [2.75, 3.05) is 10.6 Å². The molecule has 29 heavy (non-hydrogen) atoms. The van der Waals surface area contributed by atoms with Crippen LogP contribution in [0, 0.1) is 6.92 Å². The molecule has 0 saturated carbocycles. The number of anilines is 4. The van der Waals surface area contributed by atoms with Gasteiger partial charge < -0.3 is 20.2 Å². The molecule has 1 atom stereocenters. The fourth-order valence-electron chi connectivity index (χ4n) is 2.97. The number of nitrogens with zero attached hydrogens (tertiary/aromatic N) is 2. The Bertz CT molecular complexity index is 1160. The summed E-state index contributed by atoms with van der Waals surface area (Å²) in [5, 5.41) is 7.58. The van der Waals surface area contributed by atoms with Crippen molar-refractivity contribution in [3.8, 4) is 0 Å². The van der Waals surface area contributed by atoms with Crippen LogP contribution in [0.1, 0.15) is 11.3 Å². The zero-order valence-electron chi connectivity index (χ0n) is 15.6. The molecule has 0 fully saturated rings. The molecule has 2 aromatic heterocycles. The molecule has 1 unspecified atom stereocenters. The van der Waals surface area contributed by atoms with Gasteiger partial charge in [0.25, 0.3) is 0 Å². The minimum Gasteiger partial charge on any atom is -0.760 e. The summed E-state index contributed by atoms with van der Waals surface area (Å²) in [6, 6.07) is 17.3. The fraction of sp³-hybridized carbons (Fsp3) is 0.100. The van der Waals surface area contributed by atoms with Gasteiger partial charge in [0.2, 0.25) is 5.95 Å². The highest BCUT2D eigenvalue weighted by molar-refractivity contribution is 7.77. The van der Waals surface area contributed by atoms with E-state index in [9.17, 15) is 8.76 Å². The second-order valence-corrected chi connectivity index (χ2v) is 7.28. The lowest BCUT2D eigenvalue weighted by atomic mass is 10.2. The van der Waals surface area contributed by atoms with Crippen molar-refractivity contribution in [3.63, 3.8) is 0 Å². The minimum atomic E-state index is -2.27. The van der Waals surface area contributed by atoms with Crippen molar-refractivity contribution in [2.24, 2.45) is 0 Å². The molecular formula is C20H19N6O2S-. The van der Waals surface area contributed by atoms with Gasteiger partial charge in [-0.2, -0.15) is 4.98 Å². The van der Waals surface area contributed by atoms with E-state index in [4.69, 9.17) is 0 Å². The van der Waals surface area contributed by atoms with Crippen LogP contribution in [0.25, 0.3) is 10.9 Å². The van der Waals surface area contributed by atoms with Crippen molar-refractivity contribution in [1.29, 1.82) is 0 Å². The predicted octanol–water partition coefficient (Wildman–Crippen LogP) is 3.64. The number of aryl methyl sites for hydroxylation is 1. The number of hydrogen-bond donors (Lipinski definition) is 4. The molecule has 9 heteroatoms. The number of H-pyrrole nitrogens is 1. The molecule has 0 amide bonds. The first kappa shape index (κ1) is 19.1. The molecule has 0 aliphatic carbocycles. The van der Waals surface area contributed by atoms with E-state index in [-0.39, 0.29) is 6.54 Å². The highest BCUT2D eigenvalue weighted by Gasteiger charge is 2.04. The quantitative estimate of drug-likeness (QED) is 0.348.